The lowest BCUT2D eigenvalue weighted by atomic mass is 10.1. The van der Waals surface area contributed by atoms with Gasteiger partial charge in [-0.25, -0.2) is 13.1 Å². The summed E-state index contributed by atoms with van der Waals surface area (Å²) in [6.45, 7) is 9.34. The summed E-state index contributed by atoms with van der Waals surface area (Å²) in [5.41, 5.74) is 0.166. The molecule has 1 heterocycles. The van der Waals surface area contributed by atoms with Crippen LogP contribution in [0.1, 0.15) is 37.9 Å². The van der Waals surface area contributed by atoms with Crippen molar-refractivity contribution < 1.29 is 12.8 Å². The van der Waals surface area contributed by atoms with E-state index in [0.717, 1.165) is 0 Å². The van der Waals surface area contributed by atoms with E-state index in [-0.39, 0.29) is 4.90 Å². The number of aryl methyl sites for hydroxylation is 2. The van der Waals surface area contributed by atoms with Gasteiger partial charge < -0.3 is 9.73 Å². The van der Waals surface area contributed by atoms with E-state index >= 15 is 0 Å². The van der Waals surface area contributed by atoms with Gasteiger partial charge in [-0.1, -0.05) is 0 Å². The molecule has 0 saturated carbocycles. The molecule has 0 bridgehead atoms. The molecule has 0 atom stereocenters. The molecule has 6 heteroatoms. The maximum atomic E-state index is 12.4. The Kier molecular flexibility index (Phi) is 4.25. The van der Waals surface area contributed by atoms with Crippen molar-refractivity contribution in [2.45, 2.75) is 51.6 Å². The zero-order valence-electron chi connectivity index (χ0n) is 11.8. The maximum Gasteiger partial charge on any atom is 0.244 e. The quantitative estimate of drug-likeness (QED) is 0.876. The summed E-state index contributed by atoms with van der Waals surface area (Å²) in [6, 6.07) is 0. The third-order valence-corrected chi connectivity index (χ3v) is 4.34. The molecule has 0 amide bonds. The molecule has 0 aliphatic carbocycles. The molecule has 0 radical (unpaired) electrons. The molecule has 0 fully saturated rings. The molecule has 5 nitrogen and oxygen atoms in total. The average Bonchev–Trinajstić information content (AvgIpc) is 2.38. The molecule has 18 heavy (non-hydrogen) atoms. The summed E-state index contributed by atoms with van der Waals surface area (Å²) in [5.74, 6) is 1.06. The Balaban J connectivity index is 3.32. The first-order valence-electron chi connectivity index (χ1n) is 5.86. The number of nitrogens with one attached hydrogen (secondary N) is 2. The van der Waals surface area contributed by atoms with E-state index < -0.39 is 15.6 Å². The van der Waals surface area contributed by atoms with Crippen LogP contribution in [0.4, 0.5) is 0 Å². The lowest BCUT2D eigenvalue weighted by Crippen LogP contribution is -2.41. The Morgan fingerprint density at radius 2 is 1.72 bits per heavy atom. The minimum Gasteiger partial charge on any atom is -0.465 e. The van der Waals surface area contributed by atoms with Crippen LogP contribution in [-0.4, -0.2) is 21.0 Å². The molecule has 0 aliphatic rings. The van der Waals surface area contributed by atoms with Gasteiger partial charge in [-0.15, -0.1) is 0 Å². The second kappa shape index (κ2) is 5.03. The van der Waals surface area contributed by atoms with Crippen molar-refractivity contribution in [3.05, 3.63) is 17.1 Å². The Bertz CT molecular complexity index is 524. The molecule has 104 valence electrons. The van der Waals surface area contributed by atoms with E-state index in [1.54, 1.807) is 20.9 Å². The molecule has 0 saturated heterocycles. The van der Waals surface area contributed by atoms with Crippen LogP contribution in [-0.2, 0) is 16.6 Å². The first-order valence-corrected chi connectivity index (χ1v) is 7.34. The van der Waals surface area contributed by atoms with Crippen molar-refractivity contribution in [3.63, 3.8) is 0 Å². The highest BCUT2D eigenvalue weighted by atomic mass is 32.2. The van der Waals surface area contributed by atoms with Gasteiger partial charge in [0, 0.05) is 17.6 Å². The lowest BCUT2D eigenvalue weighted by Gasteiger charge is -2.20. The third-order valence-electron chi connectivity index (χ3n) is 2.39. The van der Waals surface area contributed by atoms with Crippen LogP contribution >= 0.6 is 0 Å². The van der Waals surface area contributed by atoms with Crippen LogP contribution in [0.15, 0.2) is 9.31 Å². The number of furan rings is 1. The smallest absolute Gasteiger partial charge is 0.244 e. The minimum absolute atomic E-state index is 0.254. The van der Waals surface area contributed by atoms with Crippen LogP contribution in [0, 0.1) is 13.8 Å². The maximum absolute atomic E-state index is 12.4. The SMILES string of the molecule is CNCc1c(C)oc(C)c1S(=O)(=O)NC(C)(C)C. The van der Waals surface area contributed by atoms with Crippen LogP contribution in [0.25, 0.3) is 0 Å². The van der Waals surface area contributed by atoms with Gasteiger partial charge in [0.05, 0.1) is 0 Å². The summed E-state index contributed by atoms with van der Waals surface area (Å²) in [5, 5.41) is 2.96. The van der Waals surface area contributed by atoms with E-state index in [9.17, 15) is 8.42 Å². The Morgan fingerprint density at radius 3 is 2.17 bits per heavy atom. The molecular weight excluding hydrogens is 252 g/mol. The normalized spacial score (nSPS) is 13.0. The van der Waals surface area contributed by atoms with Gasteiger partial charge in [-0.2, -0.15) is 0 Å². The molecule has 0 spiro atoms. The van der Waals surface area contributed by atoms with Crippen molar-refractivity contribution >= 4 is 10.0 Å². The van der Waals surface area contributed by atoms with E-state index in [4.69, 9.17) is 4.42 Å². The zero-order chi connectivity index (χ0) is 14.1. The van der Waals surface area contributed by atoms with Gasteiger partial charge in [0.25, 0.3) is 0 Å². The fourth-order valence-corrected chi connectivity index (χ4v) is 3.77. The third kappa shape index (κ3) is 3.34. The Labute approximate surface area is 109 Å². The number of hydrogen-bond donors (Lipinski definition) is 2. The standard InChI is InChI=1S/C12H22N2O3S/c1-8-10(7-13-6)11(9(2)17-8)18(15,16)14-12(3,4)5/h13-14H,7H2,1-6H3. The van der Waals surface area contributed by atoms with Crippen molar-refractivity contribution in [1.29, 1.82) is 0 Å². The van der Waals surface area contributed by atoms with E-state index in [2.05, 4.69) is 10.0 Å². The van der Waals surface area contributed by atoms with E-state index in [1.165, 1.54) is 0 Å². The lowest BCUT2D eigenvalue weighted by molar-refractivity contribution is 0.481. The van der Waals surface area contributed by atoms with Crippen molar-refractivity contribution in [3.8, 4) is 0 Å². The van der Waals surface area contributed by atoms with E-state index in [1.807, 2.05) is 20.8 Å². The molecule has 0 aromatic carbocycles. The molecule has 2 N–H and O–H groups in total. The molecule has 1 rings (SSSR count). The van der Waals surface area contributed by atoms with Gasteiger partial charge >= 0.3 is 0 Å². The summed E-state index contributed by atoms with van der Waals surface area (Å²) < 4.78 is 32.8. The summed E-state index contributed by atoms with van der Waals surface area (Å²) >= 11 is 0. The Morgan fingerprint density at radius 1 is 1.17 bits per heavy atom. The van der Waals surface area contributed by atoms with Crippen LogP contribution in [0.3, 0.4) is 0 Å². The van der Waals surface area contributed by atoms with Crippen LogP contribution in [0.2, 0.25) is 0 Å². The second-order valence-corrected chi connectivity index (χ2v) is 7.03. The Hall–Kier alpha value is -0.850. The number of sulfonamides is 1. The van der Waals surface area contributed by atoms with Crippen molar-refractivity contribution in [2.24, 2.45) is 0 Å². The predicted octanol–water partition coefficient (Wildman–Crippen LogP) is 1.69. The first kappa shape index (κ1) is 15.2. The van der Waals surface area contributed by atoms with Crippen LogP contribution < -0.4 is 10.0 Å². The second-order valence-electron chi connectivity index (χ2n) is 5.41. The predicted molar refractivity (Wildman–Crippen MR) is 71.0 cm³/mol. The van der Waals surface area contributed by atoms with Gasteiger partial charge in [0.15, 0.2) is 0 Å². The number of hydrogen-bond acceptors (Lipinski definition) is 4. The average molecular weight is 274 g/mol. The highest BCUT2D eigenvalue weighted by Crippen LogP contribution is 2.27. The number of rotatable bonds is 4. The largest absolute Gasteiger partial charge is 0.465 e. The topological polar surface area (TPSA) is 71.3 Å². The van der Waals surface area contributed by atoms with Gasteiger partial charge in [0.2, 0.25) is 10.0 Å². The van der Waals surface area contributed by atoms with Crippen molar-refractivity contribution in [2.75, 3.05) is 7.05 Å². The van der Waals surface area contributed by atoms with Gasteiger partial charge in [0.1, 0.15) is 16.4 Å². The van der Waals surface area contributed by atoms with Gasteiger partial charge in [-0.3, -0.25) is 0 Å². The summed E-state index contributed by atoms with van der Waals surface area (Å²) in [6.07, 6.45) is 0. The monoisotopic (exact) mass is 274 g/mol. The molecule has 0 aliphatic heterocycles. The fourth-order valence-electron chi connectivity index (χ4n) is 1.90. The van der Waals surface area contributed by atoms with Gasteiger partial charge in [-0.05, 0) is 41.7 Å². The van der Waals surface area contributed by atoms with Crippen molar-refractivity contribution in [1.82, 2.24) is 10.0 Å². The highest BCUT2D eigenvalue weighted by Gasteiger charge is 2.29. The summed E-state index contributed by atoms with van der Waals surface area (Å²) in [4.78, 5) is 0.254. The fraction of sp³-hybridized carbons (Fsp3) is 0.667. The highest BCUT2D eigenvalue weighted by molar-refractivity contribution is 7.89. The summed E-state index contributed by atoms with van der Waals surface area (Å²) in [7, 11) is -1.79. The molecule has 1 aromatic heterocycles. The zero-order valence-corrected chi connectivity index (χ0v) is 12.7. The van der Waals surface area contributed by atoms with E-state index in [0.29, 0.717) is 23.6 Å². The molecule has 1 aromatic rings. The molecule has 0 unspecified atom stereocenters. The first-order chi connectivity index (χ1) is 8.08. The molecular formula is C12H22N2O3S. The minimum atomic E-state index is -3.56. The van der Waals surface area contributed by atoms with Crippen LogP contribution in [0.5, 0.6) is 0 Å².